The molecule has 0 aliphatic rings. The number of rotatable bonds is 6. The zero-order valence-corrected chi connectivity index (χ0v) is 14.2. The summed E-state index contributed by atoms with van der Waals surface area (Å²) in [5.74, 6) is -0.990. The third-order valence-corrected chi connectivity index (χ3v) is 4.26. The van der Waals surface area contributed by atoms with Crippen LogP contribution in [0.2, 0.25) is 0 Å². The molecule has 0 spiro atoms. The van der Waals surface area contributed by atoms with E-state index in [0.717, 1.165) is 3.57 Å². The molecule has 0 aliphatic carbocycles. The molecule has 0 bridgehead atoms. The highest BCUT2D eigenvalue weighted by Gasteiger charge is 2.34. The summed E-state index contributed by atoms with van der Waals surface area (Å²) < 4.78 is 0.981. The van der Waals surface area contributed by atoms with Crippen molar-refractivity contribution in [3.63, 3.8) is 0 Å². The van der Waals surface area contributed by atoms with E-state index in [9.17, 15) is 14.9 Å². The predicted molar refractivity (Wildman–Crippen MR) is 93.7 cm³/mol. The first-order valence-corrected chi connectivity index (χ1v) is 7.97. The summed E-state index contributed by atoms with van der Waals surface area (Å²) in [6.07, 6.45) is -0.0796. The molecular formula is C17H13IN2O3. The fourth-order valence-corrected chi connectivity index (χ4v) is 2.71. The lowest BCUT2D eigenvalue weighted by molar-refractivity contribution is -0.510. The third-order valence-electron chi connectivity index (χ3n) is 3.54. The van der Waals surface area contributed by atoms with Crippen LogP contribution in [0.3, 0.4) is 0 Å². The Bertz CT molecular complexity index is 739. The van der Waals surface area contributed by atoms with Crippen molar-refractivity contribution >= 4 is 28.4 Å². The van der Waals surface area contributed by atoms with Gasteiger partial charge in [-0.15, -0.1) is 0 Å². The number of benzene rings is 2. The van der Waals surface area contributed by atoms with Crippen LogP contribution < -0.4 is 0 Å². The molecule has 116 valence electrons. The Balaban J connectivity index is 2.34. The van der Waals surface area contributed by atoms with Crippen molar-refractivity contribution < 1.29 is 9.72 Å². The minimum Gasteiger partial charge on any atom is -0.294 e. The number of nitro groups is 1. The summed E-state index contributed by atoms with van der Waals surface area (Å²) in [5, 5.41) is 20.4. The summed E-state index contributed by atoms with van der Waals surface area (Å²) in [7, 11) is 0. The molecule has 0 heterocycles. The van der Waals surface area contributed by atoms with E-state index in [4.69, 9.17) is 5.26 Å². The van der Waals surface area contributed by atoms with Crippen LogP contribution >= 0.6 is 22.6 Å². The maximum atomic E-state index is 12.4. The molecule has 2 aromatic rings. The fraction of sp³-hybridized carbons (Fsp3) is 0.176. The van der Waals surface area contributed by atoms with Gasteiger partial charge in [-0.3, -0.25) is 14.9 Å². The number of Topliss-reactive ketones (excluding diaryl/α,β-unsaturated/α-hetero) is 1. The first-order valence-electron chi connectivity index (χ1n) is 6.89. The number of hydrogen-bond acceptors (Lipinski definition) is 4. The Labute approximate surface area is 147 Å². The van der Waals surface area contributed by atoms with E-state index in [-0.39, 0.29) is 12.2 Å². The molecule has 0 aliphatic heterocycles. The smallest absolute Gasteiger partial charge is 0.294 e. The van der Waals surface area contributed by atoms with Crippen LogP contribution in [0.5, 0.6) is 0 Å². The van der Waals surface area contributed by atoms with Crippen molar-refractivity contribution in [2.75, 3.05) is 0 Å². The first kappa shape index (κ1) is 17.1. The Morgan fingerprint density at radius 1 is 1.17 bits per heavy atom. The molecule has 2 rings (SSSR count). The molecule has 0 saturated carbocycles. The van der Waals surface area contributed by atoms with Crippen molar-refractivity contribution in [3.8, 4) is 6.07 Å². The van der Waals surface area contributed by atoms with Gasteiger partial charge in [0, 0.05) is 20.5 Å². The second kappa shape index (κ2) is 7.83. The minimum absolute atomic E-state index is 0.0796. The zero-order chi connectivity index (χ0) is 16.8. The van der Waals surface area contributed by atoms with Crippen molar-refractivity contribution in [2.45, 2.75) is 18.4 Å². The summed E-state index contributed by atoms with van der Waals surface area (Å²) in [5.41, 5.74) is 1.11. The van der Waals surface area contributed by atoms with Crippen molar-refractivity contribution in [1.82, 2.24) is 0 Å². The number of ketones is 1. The average Bonchev–Trinajstić information content (AvgIpc) is 2.56. The topological polar surface area (TPSA) is 84.0 Å². The first-order chi connectivity index (χ1) is 11.0. The number of carbonyl (C=O) groups excluding carboxylic acids is 1. The number of hydrogen-bond donors (Lipinski definition) is 0. The quantitative estimate of drug-likeness (QED) is 0.308. The highest BCUT2D eigenvalue weighted by atomic mass is 127. The van der Waals surface area contributed by atoms with Crippen LogP contribution in [-0.2, 0) is 0 Å². The van der Waals surface area contributed by atoms with Gasteiger partial charge in [0.2, 0.25) is 0 Å². The number of carbonyl (C=O) groups is 1. The largest absolute Gasteiger partial charge is 0.303 e. The SMILES string of the molecule is N#C[C@H]([C@H](CC(=O)c1ccccc1)c1ccc(I)cc1)[N+](=O)[O-]. The van der Waals surface area contributed by atoms with Gasteiger partial charge in [0.25, 0.3) is 0 Å². The molecule has 23 heavy (non-hydrogen) atoms. The van der Waals surface area contributed by atoms with E-state index in [1.807, 2.05) is 12.1 Å². The highest BCUT2D eigenvalue weighted by Crippen LogP contribution is 2.27. The minimum atomic E-state index is -1.46. The fourth-order valence-electron chi connectivity index (χ4n) is 2.35. The van der Waals surface area contributed by atoms with Gasteiger partial charge in [0.05, 0.1) is 5.92 Å². The summed E-state index contributed by atoms with van der Waals surface area (Å²) in [4.78, 5) is 23.0. The van der Waals surface area contributed by atoms with Crippen LogP contribution in [0.25, 0.3) is 0 Å². The van der Waals surface area contributed by atoms with E-state index < -0.39 is 16.9 Å². The molecule has 2 atom stereocenters. The van der Waals surface area contributed by atoms with E-state index in [0.29, 0.717) is 11.1 Å². The summed E-state index contributed by atoms with van der Waals surface area (Å²) in [6.45, 7) is 0. The van der Waals surface area contributed by atoms with Gasteiger partial charge in [-0.05, 0) is 40.3 Å². The van der Waals surface area contributed by atoms with Gasteiger partial charge in [0.15, 0.2) is 5.78 Å². The van der Waals surface area contributed by atoms with Crippen molar-refractivity contribution in [2.24, 2.45) is 0 Å². The predicted octanol–water partition coefficient (Wildman–Crippen LogP) is 3.82. The van der Waals surface area contributed by atoms with E-state index in [1.54, 1.807) is 48.5 Å². The average molecular weight is 420 g/mol. The molecule has 0 radical (unpaired) electrons. The van der Waals surface area contributed by atoms with E-state index in [2.05, 4.69) is 22.6 Å². The third kappa shape index (κ3) is 4.36. The van der Waals surface area contributed by atoms with E-state index >= 15 is 0 Å². The van der Waals surface area contributed by atoms with Gasteiger partial charge in [-0.2, -0.15) is 5.26 Å². The molecule has 6 heteroatoms. The monoisotopic (exact) mass is 420 g/mol. The molecule has 0 unspecified atom stereocenters. The maximum Gasteiger partial charge on any atom is 0.303 e. The maximum absolute atomic E-state index is 12.4. The lowest BCUT2D eigenvalue weighted by Gasteiger charge is -2.16. The van der Waals surface area contributed by atoms with Gasteiger partial charge < -0.3 is 0 Å². The molecule has 5 nitrogen and oxygen atoms in total. The number of nitrogens with zero attached hydrogens (tertiary/aromatic N) is 2. The number of nitriles is 1. The second-order valence-corrected chi connectivity index (χ2v) is 6.26. The Hall–Kier alpha value is -2.27. The lowest BCUT2D eigenvalue weighted by Crippen LogP contribution is -2.28. The molecule has 0 amide bonds. The standard InChI is InChI=1S/C17H13IN2O3/c18-14-8-6-12(7-9-14)15(16(11-19)20(22)23)10-17(21)13-4-2-1-3-5-13/h1-9,15-16H,10H2/t15-,16-/m1/s1. The highest BCUT2D eigenvalue weighted by molar-refractivity contribution is 14.1. The van der Waals surface area contributed by atoms with Gasteiger partial charge in [-0.1, -0.05) is 42.5 Å². The molecule has 0 saturated heterocycles. The molecule has 2 aromatic carbocycles. The van der Waals surface area contributed by atoms with Crippen LogP contribution in [0.1, 0.15) is 28.3 Å². The Morgan fingerprint density at radius 2 is 1.78 bits per heavy atom. The Morgan fingerprint density at radius 3 is 2.30 bits per heavy atom. The normalized spacial score (nSPS) is 12.9. The molecule has 0 aromatic heterocycles. The molecular weight excluding hydrogens is 407 g/mol. The van der Waals surface area contributed by atoms with Crippen LogP contribution in [0.15, 0.2) is 54.6 Å². The summed E-state index contributed by atoms with van der Waals surface area (Å²) in [6, 6.07) is 16.0. The van der Waals surface area contributed by atoms with Gasteiger partial charge in [-0.25, -0.2) is 0 Å². The van der Waals surface area contributed by atoms with Crippen LogP contribution in [0, 0.1) is 25.0 Å². The van der Waals surface area contributed by atoms with Gasteiger partial charge in [0.1, 0.15) is 6.07 Å². The Kier molecular flexibility index (Phi) is 5.82. The number of halogens is 1. The van der Waals surface area contributed by atoms with Crippen LogP contribution in [0.4, 0.5) is 0 Å². The molecule has 0 N–H and O–H groups in total. The zero-order valence-electron chi connectivity index (χ0n) is 12.1. The second-order valence-electron chi connectivity index (χ2n) is 5.01. The van der Waals surface area contributed by atoms with Crippen molar-refractivity contribution in [1.29, 1.82) is 5.26 Å². The van der Waals surface area contributed by atoms with Crippen molar-refractivity contribution in [3.05, 3.63) is 79.4 Å². The van der Waals surface area contributed by atoms with Crippen LogP contribution in [-0.4, -0.2) is 16.7 Å². The lowest BCUT2D eigenvalue weighted by atomic mass is 9.86. The van der Waals surface area contributed by atoms with E-state index in [1.165, 1.54) is 0 Å². The molecule has 0 fully saturated rings. The summed E-state index contributed by atoms with van der Waals surface area (Å²) >= 11 is 2.13. The van der Waals surface area contributed by atoms with Gasteiger partial charge >= 0.3 is 6.04 Å².